The van der Waals surface area contributed by atoms with Crippen LogP contribution in [0.4, 0.5) is 5.69 Å². The van der Waals surface area contributed by atoms with Gasteiger partial charge in [-0.2, -0.15) is 0 Å². The Bertz CT molecular complexity index is 511. The van der Waals surface area contributed by atoms with Gasteiger partial charge >= 0.3 is 0 Å². The number of benzene rings is 1. The van der Waals surface area contributed by atoms with E-state index in [1.54, 1.807) is 6.07 Å². The SMILES string of the molecule is Cc1cc(Oc2ccc(N)c(C)c2)ncn1. The Balaban J connectivity index is 2.24. The van der Waals surface area contributed by atoms with E-state index < -0.39 is 0 Å². The van der Waals surface area contributed by atoms with Crippen LogP contribution < -0.4 is 10.5 Å². The predicted octanol–water partition coefficient (Wildman–Crippen LogP) is 2.47. The van der Waals surface area contributed by atoms with E-state index in [2.05, 4.69) is 9.97 Å². The number of anilines is 1. The molecule has 0 aliphatic rings. The van der Waals surface area contributed by atoms with E-state index in [4.69, 9.17) is 10.5 Å². The van der Waals surface area contributed by atoms with Crippen LogP contribution in [0.5, 0.6) is 11.6 Å². The van der Waals surface area contributed by atoms with Crippen molar-refractivity contribution >= 4 is 5.69 Å². The van der Waals surface area contributed by atoms with E-state index in [1.807, 2.05) is 32.0 Å². The molecule has 16 heavy (non-hydrogen) atoms. The normalized spacial score (nSPS) is 10.1. The summed E-state index contributed by atoms with van der Waals surface area (Å²) in [4.78, 5) is 8.02. The highest BCUT2D eigenvalue weighted by atomic mass is 16.5. The highest BCUT2D eigenvalue weighted by Gasteiger charge is 2.01. The molecule has 0 radical (unpaired) electrons. The third-order valence-electron chi connectivity index (χ3n) is 2.24. The van der Waals surface area contributed by atoms with Gasteiger partial charge in [-0.1, -0.05) is 0 Å². The zero-order valence-corrected chi connectivity index (χ0v) is 9.27. The number of aromatic nitrogens is 2. The molecule has 0 spiro atoms. The molecule has 0 aliphatic heterocycles. The summed E-state index contributed by atoms with van der Waals surface area (Å²) in [6.07, 6.45) is 1.48. The lowest BCUT2D eigenvalue weighted by atomic mass is 10.2. The fourth-order valence-corrected chi connectivity index (χ4v) is 1.32. The van der Waals surface area contributed by atoms with Crippen LogP contribution in [0.15, 0.2) is 30.6 Å². The fourth-order valence-electron chi connectivity index (χ4n) is 1.32. The Morgan fingerprint density at radius 2 is 1.94 bits per heavy atom. The van der Waals surface area contributed by atoms with E-state index in [0.717, 1.165) is 22.7 Å². The maximum atomic E-state index is 5.73. The molecule has 0 fully saturated rings. The van der Waals surface area contributed by atoms with Gasteiger partial charge in [-0.25, -0.2) is 9.97 Å². The molecule has 0 aliphatic carbocycles. The third kappa shape index (κ3) is 2.28. The summed E-state index contributed by atoms with van der Waals surface area (Å²) in [5.74, 6) is 1.27. The van der Waals surface area contributed by atoms with Crippen molar-refractivity contribution < 1.29 is 4.74 Å². The molecule has 0 bridgehead atoms. The van der Waals surface area contributed by atoms with Crippen molar-refractivity contribution in [3.8, 4) is 11.6 Å². The van der Waals surface area contributed by atoms with Crippen LogP contribution >= 0.6 is 0 Å². The molecule has 1 aromatic heterocycles. The molecule has 2 aromatic rings. The van der Waals surface area contributed by atoms with Crippen LogP contribution in [0.1, 0.15) is 11.3 Å². The van der Waals surface area contributed by atoms with Gasteiger partial charge in [0.2, 0.25) is 5.88 Å². The molecule has 0 unspecified atom stereocenters. The van der Waals surface area contributed by atoms with Gasteiger partial charge in [0.15, 0.2) is 0 Å². The van der Waals surface area contributed by atoms with Crippen molar-refractivity contribution in [1.82, 2.24) is 9.97 Å². The van der Waals surface area contributed by atoms with E-state index >= 15 is 0 Å². The van der Waals surface area contributed by atoms with Crippen LogP contribution in [0, 0.1) is 13.8 Å². The van der Waals surface area contributed by atoms with Crippen molar-refractivity contribution in [3.05, 3.63) is 41.9 Å². The maximum Gasteiger partial charge on any atom is 0.222 e. The molecule has 0 atom stereocenters. The van der Waals surface area contributed by atoms with Crippen molar-refractivity contribution in [2.75, 3.05) is 5.73 Å². The Hall–Kier alpha value is -2.10. The summed E-state index contributed by atoms with van der Waals surface area (Å²) < 4.78 is 5.59. The second-order valence-electron chi connectivity index (χ2n) is 3.62. The number of aryl methyl sites for hydroxylation is 2. The van der Waals surface area contributed by atoms with Gasteiger partial charge < -0.3 is 10.5 Å². The molecule has 1 aromatic carbocycles. The van der Waals surface area contributed by atoms with Gasteiger partial charge in [0.25, 0.3) is 0 Å². The maximum absolute atomic E-state index is 5.73. The molecule has 82 valence electrons. The average molecular weight is 215 g/mol. The summed E-state index contributed by atoms with van der Waals surface area (Å²) in [5.41, 5.74) is 8.34. The van der Waals surface area contributed by atoms with Gasteiger partial charge in [-0.3, -0.25) is 0 Å². The molecule has 0 saturated heterocycles. The smallest absolute Gasteiger partial charge is 0.222 e. The molecule has 2 N–H and O–H groups in total. The zero-order chi connectivity index (χ0) is 11.5. The number of ether oxygens (including phenoxy) is 1. The summed E-state index contributed by atoms with van der Waals surface area (Å²) >= 11 is 0. The molecule has 4 nitrogen and oxygen atoms in total. The number of hydrogen-bond acceptors (Lipinski definition) is 4. The fraction of sp³-hybridized carbons (Fsp3) is 0.167. The van der Waals surface area contributed by atoms with Crippen molar-refractivity contribution in [2.24, 2.45) is 0 Å². The number of nitrogens with zero attached hydrogens (tertiary/aromatic N) is 2. The first kappa shape index (κ1) is 10.4. The number of nitrogens with two attached hydrogens (primary N) is 1. The highest BCUT2D eigenvalue weighted by molar-refractivity contribution is 5.50. The predicted molar refractivity (Wildman–Crippen MR) is 62.4 cm³/mol. The number of nitrogen functional groups attached to an aromatic ring is 1. The minimum atomic E-state index is 0.539. The van der Waals surface area contributed by atoms with Crippen molar-refractivity contribution in [2.45, 2.75) is 13.8 Å². The standard InChI is InChI=1S/C12H13N3O/c1-8-5-10(3-4-11(8)13)16-12-6-9(2)14-7-15-12/h3-7H,13H2,1-2H3. The molecule has 0 amide bonds. The number of rotatable bonds is 2. The van der Waals surface area contributed by atoms with Crippen LogP contribution in [-0.2, 0) is 0 Å². The van der Waals surface area contributed by atoms with Crippen molar-refractivity contribution in [3.63, 3.8) is 0 Å². The minimum absolute atomic E-state index is 0.539. The quantitative estimate of drug-likeness (QED) is 0.782. The lowest BCUT2D eigenvalue weighted by Crippen LogP contribution is -1.93. The van der Waals surface area contributed by atoms with Crippen LogP contribution in [0.25, 0.3) is 0 Å². The van der Waals surface area contributed by atoms with Gasteiger partial charge in [-0.05, 0) is 37.6 Å². The minimum Gasteiger partial charge on any atom is -0.439 e. The van der Waals surface area contributed by atoms with Crippen LogP contribution in [-0.4, -0.2) is 9.97 Å². The molecular weight excluding hydrogens is 202 g/mol. The second-order valence-corrected chi connectivity index (χ2v) is 3.62. The Labute approximate surface area is 94.1 Å². The van der Waals surface area contributed by atoms with Gasteiger partial charge in [0.1, 0.15) is 12.1 Å². The molecular formula is C12H13N3O. The first-order valence-electron chi connectivity index (χ1n) is 4.98. The molecule has 4 heteroatoms. The van der Waals surface area contributed by atoms with Gasteiger partial charge in [-0.15, -0.1) is 0 Å². The first-order chi connectivity index (χ1) is 7.65. The summed E-state index contributed by atoms with van der Waals surface area (Å²) in [5, 5.41) is 0. The van der Waals surface area contributed by atoms with E-state index in [1.165, 1.54) is 6.33 Å². The lowest BCUT2D eigenvalue weighted by molar-refractivity contribution is 0.460. The van der Waals surface area contributed by atoms with Gasteiger partial charge in [0, 0.05) is 17.4 Å². The molecule has 1 heterocycles. The number of hydrogen-bond donors (Lipinski definition) is 1. The van der Waals surface area contributed by atoms with Crippen molar-refractivity contribution in [1.29, 1.82) is 0 Å². The summed E-state index contributed by atoms with van der Waals surface area (Å²) in [6, 6.07) is 7.30. The Kier molecular flexibility index (Phi) is 2.72. The highest BCUT2D eigenvalue weighted by Crippen LogP contribution is 2.23. The second kappa shape index (κ2) is 4.18. The summed E-state index contributed by atoms with van der Waals surface area (Å²) in [6.45, 7) is 3.83. The zero-order valence-electron chi connectivity index (χ0n) is 9.27. The molecule has 2 rings (SSSR count). The van der Waals surface area contributed by atoms with E-state index in [-0.39, 0.29) is 0 Å². The average Bonchev–Trinajstić information content (AvgIpc) is 2.24. The monoisotopic (exact) mass is 215 g/mol. The van der Waals surface area contributed by atoms with Gasteiger partial charge in [0.05, 0.1) is 0 Å². The third-order valence-corrected chi connectivity index (χ3v) is 2.24. The topological polar surface area (TPSA) is 61.0 Å². The van der Waals surface area contributed by atoms with E-state index in [9.17, 15) is 0 Å². The van der Waals surface area contributed by atoms with E-state index in [0.29, 0.717) is 5.88 Å². The largest absolute Gasteiger partial charge is 0.439 e. The lowest BCUT2D eigenvalue weighted by Gasteiger charge is -2.06. The van der Waals surface area contributed by atoms with Crippen LogP contribution in [0.3, 0.4) is 0 Å². The Morgan fingerprint density at radius 3 is 2.62 bits per heavy atom. The van der Waals surface area contributed by atoms with Crippen LogP contribution in [0.2, 0.25) is 0 Å². The Morgan fingerprint density at radius 1 is 1.12 bits per heavy atom. The summed E-state index contributed by atoms with van der Waals surface area (Å²) in [7, 11) is 0. The molecule has 0 saturated carbocycles. The first-order valence-corrected chi connectivity index (χ1v) is 4.98.